The van der Waals surface area contributed by atoms with Gasteiger partial charge in [-0.25, -0.2) is 0 Å². The van der Waals surface area contributed by atoms with Gasteiger partial charge in [-0.15, -0.1) is 0 Å². The van der Waals surface area contributed by atoms with E-state index >= 15 is 0 Å². The summed E-state index contributed by atoms with van der Waals surface area (Å²) in [4.78, 5) is -0.391. The summed E-state index contributed by atoms with van der Waals surface area (Å²) < 4.78 is 35.2. The van der Waals surface area contributed by atoms with Crippen molar-refractivity contribution in [2.24, 2.45) is 0 Å². The monoisotopic (exact) mass is 203 g/mol. The number of rotatable bonds is 2. The summed E-state index contributed by atoms with van der Waals surface area (Å²) in [5, 5.41) is 0. The lowest BCUT2D eigenvalue weighted by atomic mass is 10.3. The fourth-order valence-corrected chi connectivity index (χ4v) is 1.74. The van der Waals surface area contributed by atoms with E-state index in [9.17, 15) is 8.42 Å². The Morgan fingerprint density at radius 3 is 2.46 bits per heavy atom. The van der Waals surface area contributed by atoms with E-state index in [1.54, 1.807) is 0 Å². The van der Waals surface area contributed by atoms with Gasteiger partial charge in [0.2, 0.25) is 0 Å². The molecule has 0 aliphatic rings. The van der Waals surface area contributed by atoms with Gasteiger partial charge in [0, 0.05) is 0 Å². The first-order valence-corrected chi connectivity index (χ1v) is 4.81. The lowest BCUT2D eigenvalue weighted by molar-refractivity contribution is 0.398. The van der Waals surface area contributed by atoms with Gasteiger partial charge < -0.3 is 10.5 Å². The van der Waals surface area contributed by atoms with E-state index < -0.39 is 15.0 Å². The van der Waals surface area contributed by atoms with Crippen molar-refractivity contribution >= 4 is 15.8 Å². The van der Waals surface area contributed by atoms with Crippen molar-refractivity contribution in [3.63, 3.8) is 0 Å². The Morgan fingerprint density at radius 2 is 2.08 bits per heavy atom. The molecule has 0 aromatic heterocycles. The molecule has 6 heteroatoms. The topological polar surface area (TPSA) is 89.6 Å². The molecule has 13 heavy (non-hydrogen) atoms. The second-order valence-electron chi connectivity index (χ2n) is 2.35. The molecule has 0 heterocycles. The first-order chi connectivity index (χ1) is 5.96. The molecule has 0 saturated heterocycles. The van der Waals surface area contributed by atoms with Crippen molar-refractivity contribution in [2.45, 2.75) is 4.90 Å². The van der Waals surface area contributed by atoms with Gasteiger partial charge in [-0.1, -0.05) is 6.07 Å². The Bertz CT molecular complexity index is 413. The SMILES string of the molecule is COc1cccc(N)c1S(=O)(=O)O. The molecule has 72 valence electrons. The van der Waals surface area contributed by atoms with E-state index in [2.05, 4.69) is 0 Å². The predicted octanol–water partition coefficient (Wildman–Crippen LogP) is 0.524. The van der Waals surface area contributed by atoms with Crippen LogP contribution in [0.1, 0.15) is 0 Å². The molecule has 0 amide bonds. The van der Waals surface area contributed by atoms with Crippen LogP contribution in [0.5, 0.6) is 5.75 Å². The van der Waals surface area contributed by atoms with Gasteiger partial charge in [0.1, 0.15) is 5.75 Å². The minimum atomic E-state index is -4.33. The van der Waals surface area contributed by atoms with Gasteiger partial charge in [-0.05, 0) is 12.1 Å². The number of hydrogen-bond donors (Lipinski definition) is 2. The van der Waals surface area contributed by atoms with Crippen LogP contribution in [-0.2, 0) is 10.1 Å². The fourth-order valence-electron chi connectivity index (χ4n) is 0.970. The van der Waals surface area contributed by atoms with Crippen LogP contribution >= 0.6 is 0 Å². The molecule has 0 atom stereocenters. The zero-order chi connectivity index (χ0) is 10.1. The van der Waals surface area contributed by atoms with E-state index in [4.69, 9.17) is 15.0 Å². The summed E-state index contributed by atoms with van der Waals surface area (Å²) in [6.07, 6.45) is 0. The number of nitrogen functional groups attached to an aromatic ring is 1. The summed E-state index contributed by atoms with van der Waals surface area (Å²) in [6.45, 7) is 0. The molecule has 3 N–H and O–H groups in total. The Balaban J connectivity index is 3.50. The maximum atomic E-state index is 10.8. The Kier molecular flexibility index (Phi) is 2.44. The van der Waals surface area contributed by atoms with Crippen LogP contribution in [0, 0.1) is 0 Å². The maximum Gasteiger partial charge on any atom is 0.300 e. The van der Waals surface area contributed by atoms with Crippen molar-refractivity contribution in [1.29, 1.82) is 0 Å². The van der Waals surface area contributed by atoms with Gasteiger partial charge in [0.25, 0.3) is 10.1 Å². The third kappa shape index (κ3) is 1.90. The van der Waals surface area contributed by atoms with Crippen LogP contribution in [0.4, 0.5) is 5.69 Å². The molecule has 0 unspecified atom stereocenters. The van der Waals surface area contributed by atoms with E-state index in [0.717, 1.165) is 0 Å². The van der Waals surface area contributed by atoms with Crippen LogP contribution in [0.25, 0.3) is 0 Å². The average Bonchev–Trinajstić information content (AvgIpc) is 2.01. The normalized spacial score (nSPS) is 11.2. The molecule has 0 spiro atoms. The van der Waals surface area contributed by atoms with Crippen molar-refractivity contribution in [1.82, 2.24) is 0 Å². The van der Waals surface area contributed by atoms with Crippen LogP contribution in [0.2, 0.25) is 0 Å². The maximum absolute atomic E-state index is 10.8. The highest BCUT2D eigenvalue weighted by molar-refractivity contribution is 7.86. The molecule has 1 aromatic carbocycles. The van der Waals surface area contributed by atoms with E-state index in [1.807, 2.05) is 0 Å². The van der Waals surface area contributed by atoms with Gasteiger partial charge in [-0.2, -0.15) is 8.42 Å². The summed E-state index contributed by atoms with van der Waals surface area (Å²) in [7, 11) is -3.03. The standard InChI is InChI=1S/C7H9NO4S/c1-12-6-4-2-3-5(8)7(6)13(9,10)11/h2-4H,8H2,1H3,(H,9,10,11). The third-order valence-corrected chi connectivity index (χ3v) is 2.44. The van der Waals surface area contributed by atoms with Crippen molar-refractivity contribution < 1.29 is 17.7 Å². The number of benzene rings is 1. The number of methoxy groups -OCH3 is 1. The molecule has 1 aromatic rings. The van der Waals surface area contributed by atoms with Gasteiger partial charge in [-0.3, -0.25) is 4.55 Å². The first kappa shape index (κ1) is 9.82. The molecule has 5 nitrogen and oxygen atoms in total. The van der Waals surface area contributed by atoms with Gasteiger partial charge in [0.05, 0.1) is 12.8 Å². The van der Waals surface area contributed by atoms with Crippen molar-refractivity contribution in [3.05, 3.63) is 18.2 Å². The summed E-state index contributed by atoms with van der Waals surface area (Å²) in [6, 6.07) is 4.30. The lowest BCUT2D eigenvalue weighted by Crippen LogP contribution is -2.05. The highest BCUT2D eigenvalue weighted by Crippen LogP contribution is 2.28. The molecule has 1 rings (SSSR count). The number of hydrogen-bond acceptors (Lipinski definition) is 4. The first-order valence-electron chi connectivity index (χ1n) is 3.37. The Hall–Kier alpha value is -1.27. The van der Waals surface area contributed by atoms with Gasteiger partial charge >= 0.3 is 0 Å². The highest BCUT2D eigenvalue weighted by Gasteiger charge is 2.19. The lowest BCUT2D eigenvalue weighted by Gasteiger charge is -2.07. The van der Waals surface area contributed by atoms with Crippen LogP contribution < -0.4 is 10.5 Å². The Labute approximate surface area is 75.9 Å². The van der Waals surface area contributed by atoms with Crippen LogP contribution in [0.15, 0.2) is 23.1 Å². The summed E-state index contributed by atoms with van der Waals surface area (Å²) in [5.74, 6) is 0.0301. The smallest absolute Gasteiger partial charge is 0.300 e. The summed E-state index contributed by atoms with van der Waals surface area (Å²) in [5.41, 5.74) is 5.32. The number of nitrogens with two attached hydrogens (primary N) is 1. The fraction of sp³-hybridized carbons (Fsp3) is 0.143. The minimum absolute atomic E-state index is 0.0301. The van der Waals surface area contributed by atoms with Gasteiger partial charge in [0.15, 0.2) is 4.90 Å². The van der Waals surface area contributed by atoms with Crippen molar-refractivity contribution in [3.8, 4) is 5.75 Å². The molecule has 0 aliphatic heterocycles. The molecule has 0 radical (unpaired) electrons. The third-order valence-electron chi connectivity index (χ3n) is 1.49. The largest absolute Gasteiger partial charge is 0.495 e. The quantitative estimate of drug-likeness (QED) is 0.540. The summed E-state index contributed by atoms with van der Waals surface area (Å²) >= 11 is 0. The number of anilines is 1. The highest BCUT2D eigenvalue weighted by atomic mass is 32.2. The average molecular weight is 203 g/mol. The molecule has 0 fully saturated rings. The second kappa shape index (κ2) is 3.23. The van der Waals surface area contributed by atoms with Crippen LogP contribution in [0.3, 0.4) is 0 Å². The number of ether oxygens (including phenoxy) is 1. The molecule has 0 saturated carbocycles. The predicted molar refractivity (Wildman–Crippen MR) is 47.2 cm³/mol. The second-order valence-corrected chi connectivity index (χ2v) is 3.71. The van der Waals surface area contributed by atoms with E-state index in [0.29, 0.717) is 0 Å². The molecule has 0 bridgehead atoms. The zero-order valence-electron chi connectivity index (χ0n) is 6.89. The van der Waals surface area contributed by atoms with E-state index in [-0.39, 0.29) is 11.4 Å². The molecule has 0 aliphatic carbocycles. The van der Waals surface area contributed by atoms with Crippen molar-refractivity contribution in [2.75, 3.05) is 12.8 Å². The molecular formula is C7H9NO4S. The van der Waals surface area contributed by atoms with Crippen LogP contribution in [-0.4, -0.2) is 20.1 Å². The Morgan fingerprint density at radius 1 is 1.46 bits per heavy atom. The minimum Gasteiger partial charge on any atom is -0.495 e. The van der Waals surface area contributed by atoms with E-state index in [1.165, 1.54) is 25.3 Å². The zero-order valence-corrected chi connectivity index (χ0v) is 7.71. The molecular weight excluding hydrogens is 194 g/mol.